The molecule has 2 aromatic heterocycles. The van der Waals surface area contributed by atoms with Crippen LogP contribution in [0, 0.1) is 6.92 Å². The van der Waals surface area contributed by atoms with Crippen molar-refractivity contribution in [1.82, 2.24) is 9.38 Å². The molecule has 0 bridgehead atoms. The summed E-state index contributed by atoms with van der Waals surface area (Å²) < 4.78 is 1.92. The van der Waals surface area contributed by atoms with Gasteiger partial charge < -0.3 is 5.73 Å². The number of nitrogens with zero attached hydrogens (tertiary/aromatic N) is 2. The normalized spacial score (nSPS) is 11.0. The molecule has 90 valence electrons. The van der Waals surface area contributed by atoms with Crippen LogP contribution in [-0.2, 0) is 0 Å². The van der Waals surface area contributed by atoms with E-state index in [1.54, 1.807) is 0 Å². The molecule has 0 aliphatic rings. The molecule has 0 amide bonds. The van der Waals surface area contributed by atoms with Crippen LogP contribution < -0.4 is 5.73 Å². The summed E-state index contributed by atoms with van der Waals surface area (Å²) in [6.45, 7) is 2.05. The largest absolute Gasteiger partial charge is 0.397 e. The van der Waals surface area contributed by atoms with Crippen molar-refractivity contribution in [1.29, 1.82) is 0 Å². The highest BCUT2D eigenvalue weighted by atomic mass is 35.5. The van der Waals surface area contributed by atoms with E-state index in [4.69, 9.17) is 17.3 Å². The van der Waals surface area contributed by atoms with Gasteiger partial charge in [0.05, 0.1) is 5.69 Å². The number of aryl methyl sites for hydroxylation is 1. The Morgan fingerprint density at radius 2 is 2.06 bits per heavy atom. The molecule has 3 nitrogen and oxygen atoms in total. The van der Waals surface area contributed by atoms with Gasteiger partial charge in [-0.3, -0.25) is 4.40 Å². The zero-order valence-corrected chi connectivity index (χ0v) is 10.6. The molecule has 0 unspecified atom stereocenters. The van der Waals surface area contributed by atoms with E-state index in [1.165, 1.54) is 5.56 Å². The van der Waals surface area contributed by atoms with Crippen molar-refractivity contribution in [2.24, 2.45) is 0 Å². The van der Waals surface area contributed by atoms with Gasteiger partial charge in [0.2, 0.25) is 0 Å². The Morgan fingerprint density at radius 3 is 2.83 bits per heavy atom. The summed E-state index contributed by atoms with van der Waals surface area (Å²) in [7, 11) is 0. The summed E-state index contributed by atoms with van der Waals surface area (Å²) in [6.07, 6.45) is 1.92. The van der Waals surface area contributed by atoms with Gasteiger partial charge in [0, 0.05) is 11.8 Å². The Morgan fingerprint density at radius 1 is 1.22 bits per heavy atom. The molecule has 2 heterocycles. The number of fused-ring (bicyclic) bond motifs is 1. The zero-order chi connectivity index (χ0) is 12.7. The van der Waals surface area contributed by atoms with E-state index >= 15 is 0 Å². The third-order valence-electron chi connectivity index (χ3n) is 2.93. The van der Waals surface area contributed by atoms with E-state index in [-0.39, 0.29) is 0 Å². The van der Waals surface area contributed by atoms with Crippen LogP contribution in [0.15, 0.2) is 42.6 Å². The number of halogens is 1. The minimum absolute atomic E-state index is 0.435. The van der Waals surface area contributed by atoms with Gasteiger partial charge in [0.25, 0.3) is 0 Å². The fourth-order valence-corrected chi connectivity index (χ4v) is 2.39. The van der Waals surface area contributed by atoms with Crippen LogP contribution >= 0.6 is 11.6 Å². The maximum absolute atomic E-state index is 6.16. The van der Waals surface area contributed by atoms with Gasteiger partial charge in [0.15, 0.2) is 5.15 Å². The third-order valence-corrected chi connectivity index (χ3v) is 3.19. The predicted molar refractivity (Wildman–Crippen MR) is 74.8 cm³/mol. The van der Waals surface area contributed by atoms with Crippen molar-refractivity contribution in [2.45, 2.75) is 6.92 Å². The molecule has 1 aromatic carbocycles. The van der Waals surface area contributed by atoms with Crippen LogP contribution in [-0.4, -0.2) is 9.38 Å². The van der Waals surface area contributed by atoms with E-state index in [0.29, 0.717) is 10.8 Å². The average Bonchev–Trinajstić information content (AvgIpc) is 2.68. The number of hydrogen-bond donors (Lipinski definition) is 1. The lowest BCUT2D eigenvalue weighted by Crippen LogP contribution is -1.93. The molecule has 0 fully saturated rings. The van der Waals surface area contributed by atoms with Crippen LogP contribution in [0.1, 0.15) is 5.56 Å². The summed E-state index contributed by atoms with van der Waals surface area (Å²) in [5, 5.41) is 0.435. The zero-order valence-electron chi connectivity index (χ0n) is 9.89. The van der Waals surface area contributed by atoms with Gasteiger partial charge in [-0.2, -0.15) is 0 Å². The maximum Gasteiger partial charge on any atom is 0.157 e. The number of anilines is 1. The van der Waals surface area contributed by atoms with E-state index in [2.05, 4.69) is 24.0 Å². The van der Waals surface area contributed by atoms with Gasteiger partial charge in [0.1, 0.15) is 11.3 Å². The van der Waals surface area contributed by atoms with Crippen LogP contribution in [0.3, 0.4) is 0 Å². The van der Waals surface area contributed by atoms with Gasteiger partial charge in [-0.25, -0.2) is 4.98 Å². The molecular formula is C14H12ClN3. The Labute approximate surface area is 110 Å². The van der Waals surface area contributed by atoms with E-state index < -0.39 is 0 Å². The SMILES string of the molecule is Cc1cccc(-c2nc(Cl)c3c(N)cccn23)c1. The number of benzene rings is 1. The summed E-state index contributed by atoms with van der Waals surface area (Å²) >= 11 is 6.16. The van der Waals surface area contributed by atoms with E-state index in [1.807, 2.05) is 34.9 Å². The van der Waals surface area contributed by atoms with Gasteiger partial charge in [-0.1, -0.05) is 35.4 Å². The first kappa shape index (κ1) is 11.1. The molecule has 0 atom stereocenters. The lowest BCUT2D eigenvalue weighted by Gasteiger charge is -2.03. The summed E-state index contributed by atoms with van der Waals surface area (Å²) in [4.78, 5) is 4.41. The Kier molecular flexibility index (Phi) is 2.49. The quantitative estimate of drug-likeness (QED) is 0.725. The average molecular weight is 258 g/mol. The third kappa shape index (κ3) is 1.64. The van der Waals surface area contributed by atoms with E-state index in [9.17, 15) is 0 Å². The number of nitrogens with two attached hydrogens (primary N) is 1. The van der Waals surface area contributed by atoms with Crippen molar-refractivity contribution in [3.8, 4) is 11.4 Å². The van der Waals surface area contributed by atoms with Crippen LogP contribution in [0.4, 0.5) is 5.69 Å². The number of imidazole rings is 1. The monoisotopic (exact) mass is 257 g/mol. The Bertz CT molecular complexity index is 731. The number of hydrogen-bond acceptors (Lipinski definition) is 2. The fraction of sp³-hybridized carbons (Fsp3) is 0.0714. The second-order valence-corrected chi connectivity index (χ2v) is 4.64. The first-order valence-corrected chi connectivity index (χ1v) is 6.03. The topological polar surface area (TPSA) is 43.3 Å². The second-order valence-electron chi connectivity index (χ2n) is 4.28. The number of rotatable bonds is 1. The van der Waals surface area contributed by atoms with E-state index in [0.717, 1.165) is 16.9 Å². The molecule has 18 heavy (non-hydrogen) atoms. The molecule has 0 saturated heterocycles. The summed E-state index contributed by atoms with van der Waals surface area (Å²) in [6, 6.07) is 11.9. The van der Waals surface area contributed by atoms with Crippen LogP contribution in [0.25, 0.3) is 16.9 Å². The summed E-state index contributed by atoms with van der Waals surface area (Å²) in [5.74, 6) is 0.811. The van der Waals surface area contributed by atoms with Crippen LogP contribution in [0.2, 0.25) is 5.15 Å². The van der Waals surface area contributed by atoms with Crippen molar-refractivity contribution in [3.05, 3.63) is 53.3 Å². The van der Waals surface area contributed by atoms with Crippen molar-refractivity contribution in [3.63, 3.8) is 0 Å². The summed E-state index contributed by atoms with van der Waals surface area (Å²) in [5.41, 5.74) is 9.54. The molecule has 0 radical (unpaired) electrons. The standard InChI is InChI=1S/C14H12ClN3/c1-9-4-2-5-10(8-9)14-17-13(15)12-11(16)6-3-7-18(12)14/h2-8H,16H2,1H3. The molecule has 3 rings (SSSR count). The van der Waals surface area contributed by atoms with Gasteiger partial charge in [-0.15, -0.1) is 0 Å². The van der Waals surface area contributed by atoms with Crippen molar-refractivity contribution < 1.29 is 0 Å². The maximum atomic E-state index is 6.16. The minimum Gasteiger partial charge on any atom is -0.397 e. The van der Waals surface area contributed by atoms with Crippen molar-refractivity contribution in [2.75, 3.05) is 5.73 Å². The fourth-order valence-electron chi connectivity index (χ4n) is 2.11. The number of aromatic nitrogens is 2. The van der Waals surface area contributed by atoms with Gasteiger partial charge >= 0.3 is 0 Å². The Hall–Kier alpha value is -2.00. The second kappa shape index (κ2) is 4.03. The first-order chi connectivity index (χ1) is 8.66. The molecule has 4 heteroatoms. The number of nitrogen functional groups attached to an aromatic ring is 1. The lowest BCUT2D eigenvalue weighted by atomic mass is 10.1. The highest BCUT2D eigenvalue weighted by Gasteiger charge is 2.12. The molecule has 2 N–H and O–H groups in total. The van der Waals surface area contributed by atoms with Gasteiger partial charge in [-0.05, 0) is 25.1 Å². The van der Waals surface area contributed by atoms with Crippen LogP contribution in [0.5, 0.6) is 0 Å². The first-order valence-electron chi connectivity index (χ1n) is 5.66. The lowest BCUT2D eigenvalue weighted by molar-refractivity contribution is 1.16. The van der Waals surface area contributed by atoms with Crippen molar-refractivity contribution >= 4 is 22.8 Å². The molecule has 0 saturated carbocycles. The Balaban J connectivity index is 2.34. The smallest absolute Gasteiger partial charge is 0.157 e. The minimum atomic E-state index is 0.435. The highest BCUT2D eigenvalue weighted by molar-refractivity contribution is 6.33. The predicted octanol–water partition coefficient (Wildman–Crippen LogP) is 3.55. The molecular weight excluding hydrogens is 246 g/mol. The molecule has 3 aromatic rings. The number of pyridine rings is 1. The molecule has 0 aliphatic carbocycles. The molecule has 0 spiro atoms. The molecule has 0 aliphatic heterocycles. The highest BCUT2D eigenvalue weighted by Crippen LogP contribution is 2.29.